The Bertz CT molecular complexity index is 646. The lowest BCUT2D eigenvalue weighted by Gasteiger charge is -2.25. The first-order valence-corrected chi connectivity index (χ1v) is 7.17. The van der Waals surface area contributed by atoms with Crippen LogP contribution in [0.25, 0.3) is 0 Å². The zero-order valence-electron chi connectivity index (χ0n) is 14.6. The molecule has 1 aliphatic rings. The van der Waals surface area contributed by atoms with E-state index in [1.54, 1.807) is 12.5 Å². The predicted molar refractivity (Wildman–Crippen MR) is 78.7 cm³/mol. The zero-order valence-corrected chi connectivity index (χ0v) is 14.6. The summed E-state index contributed by atoms with van der Waals surface area (Å²) in [5.74, 6) is -7.64. The Labute approximate surface area is 165 Å². The Kier molecular flexibility index (Phi) is 12.1. The molecular formula is C13H12F9N3O6. The topological polar surface area (TPSA) is 150 Å². The van der Waals surface area contributed by atoms with Crippen molar-refractivity contribution < 1.29 is 69.2 Å². The smallest absolute Gasteiger partial charge is 0.475 e. The van der Waals surface area contributed by atoms with Gasteiger partial charge in [0.2, 0.25) is 0 Å². The highest BCUT2D eigenvalue weighted by Gasteiger charge is 2.39. The van der Waals surface area contributed by atoms with E-state index in [4.69, 9.17) is 29.7 Å². The number of nitrogens with zero attached hydrogens (tertiary/aromatic N) is 2. The minimum atomic E-state index is -5.08. The molecule has 0 bridgehead atoms. The van der Waals surface area contributed by atoms with Crippen LogP contribution in [0.3, 0.4) is 0 Å². The molecule has 0 aliphatic carbocycles. The van der Waals surface area contributed by atoms with Gasteiger partial charge in [0.25, 0.3) is 0 Å². The maximum atomic E-state index is 10.6. The lowest BCUT2D eigenvalue weighted by atomic mass is 9.99. The molecule has 1 saturated heterocycles. The van der Waals surface area contributed by atoms with Crippen LogP contribution in [0.5, 0.6) is 0 Å². The summed E-state index contributed by atoms with van der Waals surface area (Å²) in [5, 5.41) is 24.6. The summed E-state index contributed by atoms with van der Waals surface area (Å²) in [6.45, 7) is 2.13. The number of carboxylic acids is 3. The molecule has 0 amide bonds. The highest BCUT2D eigenvalue weighted by Crippen LogP contribution is 2.15. The van der Waals surface area contributed by atoms with Crippen molar-refractivity contribution in [3.8, 4) is 0 Å². The van der Waals surface area contributed by atoms with E-state index in [9.17, 15) is 39.5 Å². The lowest BCUT2D eigenvalue weighted by molar-refractivity contribution is -0.193. The Morgan fingerprint density at radius 3 is 1.29 bits per heavy atom. The van der Waals surface area contributed by atoms with E-state index in [1.807, 2.05) is 6.07 Å². The van der Waals surface area contributed by atoms with E-state index in [0.717, 1.165) is 18.8 Å². The number of nitrogens with one attached hydrogen (secondary N) is 1. The van der Waals surface area contributed by atoms with Crippen molar-refractivity contribution in [2.75, 3.05) is 13.1 Å². The maximum Gasteiger partial charge on any atom is 0.490 e. The third kappa shape index (κ3) is 15.3. The van der Waals surface area contributed by atoms with Gasteiger partial charge in [-0.3, -0.25) is 0 Å². The molecule has 178 valence electrons. The van der Waals surface area contributed by atoms with Crippen molar-refractivity contribution in [2.24, 2.45) is 0 Å². The summed E-state index contributed by atoms with van der Waals surface area (Å²) in [6.07, 6.45) is -11.9. The zero-order chi connectivity index (χ0) is 25.0. The molecule has 18 heteroatoms. The SMILES string of the molecule is O=C(O)C(F)(F)F.O=C(O)C(F)(F)F.O=C(O)C(F)(F)F.c1cc(C2CNC2)ncn1. The van der Waals surface area contributed by atoms with Gasteiger partial charge in [-0.2, -0.15) is 39.5 Å². The fraction of sp³-hybridized carbons (Fsp3) is 0.462. The number of aromatic nitrogens is 2. The first-order chi connectivity index (χ1) is 13.8. The van der Waals surface area contributed by atoms with Crippen LogP contribution >= 0.6 is 0 Å². The molecule has 0 saturated carbocycles. The van der Waals surface area contributed by atoms with Crippen LogP contribution < -0.4 is 5.32 Å². The Morgan fingerprint density at radius 1 is 0.806 bits per heavy atom. The van der Waals surface area contributed by atoms with Gasteiger partial charge in [-0.05, 0) is 6.07 Å². The molecule has 31 heavy (non-hydrogen) atoms. The van der Waals surface area contributed by atoms with Crippen LogP contribution in [-0.2, 0) is 14.4 Å². The summed E-state index contributed by atoms with van der Waals surface area (Å²) in [5.41, 5.74) is 1.16. The van der Waals surface area contributed by atoms with Crippen molar-refractivity contribution in [2.45, 2.75) is 24.4 Å². The molecule has 1 aromatic heterocycles. The monoisotopic (exact) mass is 477 g/mol. The van der Waals surface area contributed by atoms with Gasteiger partial charge in [0.1, 0.15) is 6.33 Å². The minimum absolute atomic E-state index is 0.628. The molecule has 2 heterocycles. The molecule has 0 aromatic carbocycles. The van der Waals surface area contributed by atoms with Crippen LogP contribution in [0.1, 0.15) is 11.6 Å². The van der Waals surface area contributed by atoms with Crippen molar-refractivity contribution in [1.29, 1.82) is 0 Å². The number of hydrogen-bond donors (Lipinski definition) is 4. The molecule has 1 aromatic rings. The molecule has 1 fully saturated rings. The number of carbonyl (C=O) groups is 3. The summed E-state index contributed by atoms with van der Waals surface area (Å²) >= 11 is 0. The van der Waals surface area contributed by atoms with E-state index in [2.05, 4.69) is 15.3 Å². The van der Waals surface area contributed by atoms with Gasteiger partial charge in [0.15, 0.2) is 0 Å². The van der Waals surface area contributed by atoms with Crippen LogP contribution in [0.2, 0.25) is 0 Å². The van der Waals surface area contributed by atoms with Gasteiger partial charge >= 0.3 is 36.4 Å². The molecule has 1 aliphatic heterocycles. The molecular weight excluding hydrogens is 465 g/mol. The number of halogens is 9. The van der Waals surface area contributed by atoms with E-state index in [1.165, 1.54) is 0 Å². The fourth-order valence-electron chi connectivity index (χ4n) is 1.04. The molecule has 0 radical (unpaired) electrons. The first kappa shape index (κ1) is 30.0. The molecule has 0 atom stereocenters. The largest absolute Gasteiger partial charge is 0.490 e. The molecule has 9 nitrogen and oxygen atoms in total. The number of rotatable bonds is 1. The van der Waals surface area contributed by atoms with Crippen molar-refractivity contribution in [3.63, 3.8) is 0 Å². The standard InChI is InChI=1S/C7H9N3.3C2HF3O2/c1-2-8-5-10-7(1)6-3-9-4-6;3*3-2(4,5)1(6)7/h1-2,5-6,9H,3-4H2;3*(H,6,7). The summed E-state index contributed by atoms with van der Waals surface area (Å²) in [7, 11) is 0. The first-order valence-electron chi connectivity index (χ1n) is 7.17. The quantitative estimate of drug-likeness (QED) is 0.446. The van der Waals surface area contributed by atoms with E-state index in [-0.39, 0.29) is 0 Å². The van der Waals surface area contributed by atoms with Crippen LogP contribution in [0.4, 0.5) is 39.5 Å². The molecule has 2 rings (SSSR count). The normalized spacial score (nSPS) is 13.6. The van der Waals surface area contributed by atoms with Crippen molar-refractivity contribution in [3.05, 3.63) is 24.3 Å². The number of alkyl halides is 9. The van der Waals surface area contributed by atoms with Crippen LogP contribution in [0.15, 0.2) is 18.6 Å². The molecule has 0 unspecified atom stereocenters. The average molecular weight is 477 g/mol. The van der Waals surface area contributed by atoms with Crippen molar-refractivity contribution in [1.82, 2.24) is 15.3 Å². The van der Waals surface area contributed by atoms with Crippen LogP contribution in [-0.4, -0.2) is 74.8 Å². The highest BCUT2D eigenvalue weighted by atomic mass is 19.4. The van der Waals surface area contributed by atoms with Gasteiger partial charge in [0, 0.05) is 30.9 Å². The second-order valence-corrected chi connectivity index (χ2v) is 4.90. The van der Waals surface area contributed by atoms with Gasteiger partial charge in [0.05, 0.1) is 0 Å². The van der Waals surface area contributed by atoms with Gasteiger partial charge in [-0.15, -0.1) is 0 Å². The molecule has 0 spiro atoms. The third-order valence-electron chi connectivity index (χ3n) is 2.53. The van der Waals surface area contributed by atoms with E-state index < -0.39 is 36.4 Å². The van der Waals surface area contributed by atoms with E-state index in [0.29, 0.717) is 5.92 Å². The number of hydrogen-bond acceptors (Lipinski definition) is 6. The Hall–Kier alpha value is -3.18. The van der Waals surface area contributed by atoms with E-state index >= 15 is 0 Å². The molecule has 4 N–H and O–H groups in total. The minimum Gasteiger partial charge on any atom is -0.475 e. The van der Waals surface area contributed by atoms with Gasteiger partial charge in [-0.1, -0.05) is 0 Å². The summed E-state index contributed by atoms with van der Waals surface area (Å²) in [4.78, 5) is 34.7. The summed E-state index contributed by atoms with van der Waals surface area (Å²) < 4.78 is 95.2. The third-order valence-corrected chi connectivity index (χ3v) is 2.53. The number of aliphatic carboxylic acids is 3. The van der Waals surface area contributed by atoms with Gasteiger partial charge < -0.3 is 20.6 Å². The maximum absolute atomic E-state index is 10.6. The second-order valence-electron chi connectivity index (χ2n) is 4.90. The van der Waals surface area contributed by atoms with Gasteiger partial charge in [-0.25, -0.2) is 24.4 Å². The second kappa shape index (κ2) is 12.5. The summed E-state index contributed by atoms with van der Waals surface area (Å²) in [6, 6.07) is 1.98. The van der Waals surface area contributed by atoms with Crippen LogP contribution in [0, 0.1) is 0 Å². The fourth-order valence-corrected chi connectivity index (χ4v) is 1.04. The van der Waals surface area contributed by atoms with Crippen molar-refractivity contribution >= 4 is 17.9 Å². The Balaban J connectivity index is 0. The number of carboxylic acid groups (broad SMARTS) is 3. The predicted octanol–water partition coefficient (Wildman–Crippen LogP) is 2.06. The average Bonchev–Trinajstić information content (AvgIpc) is 2.53. The lowest BCUT2D eigenvalue weighted by Crippen LogP contribution is -2.40. The highest BCUT2D eigenvalue weighted by molar-refractivity contribution is 5.73. The Morgan fingerprint density at radius 2 is 1.13 bits per heavy atom.